The number of hydrogen-bond donors (Lipinski definition) is 0. The van der Waals surface area contributed by atoms with Crippen LogP contribution in [0.15, 0.2) is 0 Å². The maximum atomic E-state index is 9.83. The minimum atomic E-state index is -0.468. The van der Waals surface area contributed by atoms with E-state index in [1.165, 1.54) is 0 Å². The van der Waals surface area contributed by atoms with Crippen LogP contribution in [0, 0.1) is 0 Å². The maximum Gasteiger partial charge on any atom is 0.129 e. The van der Waals surface area contributed by atoms with Crippen molar-refractivity contribution in [1.29, 1.82) is 0 Å². The molecule has 0 aliphatic heterocycles. The third kappa shape index (κ3) is 0.465. The highest BCUT2D eigenvalue weighted by atomic mass is 32.1. The van der Waals surface area contributed by atoms with E-state index < -0.39 is 6.10 Å². The van der Waals surface area contributed by atoms with E-state index in [1.54, 1.807) is 0 Å². The normalized spacial score (nSPS) is 34.6. The van der Waals surface area contributed by atoms with Crippen molar-refractivity contribution < 1.29 is 5.11 Å². The fraction of sp³-hybridized carbons (Fsp3) is 0.667. The molecule has 0 aromatic rings. The maximum absolute atomic E-state index is 9.83. The Labute approximate surface area is 35.6 Å². The molecule has 0 N–H and O–H groups in total. The average Bonchev–Trinajstić information content (AvgIpc) is 1.79. The van der Waals surface area contributed by atoms with Gasteiger partial charge in [0.15, 0.2) is 0 Å². The van der Waals surface area contributed by atoms with Crippen molar-refractivity contribution in [1.82, 2.24) is 0 Å². The lowest BCUT2D eigenvalue weighted by molar-refractivity contribution is 0.194. The Morgan fingerprint density at radius 1 is 2.00 bits per heavy atom. The van der Waals surface area contributed by atoms with Gasteiger partial charge in [0.1, 0.15) is 6.10 Å². The van der Waals surface area contributed by atoms with Gasteiger partial charge in [-0.05, 0) is 0 Å². The van der Waals surface area contributed by atoms with Gasteiger partial charge in [-0.15, -0.1) is 0 Å². The number of thiocarbonyl (C=S) groups is 1. The first kappa shape index (κ1) is 3.25. The standard InChI is InChI=1S/C3H3OS/c4-2-1-3(2)5/h2H,1H2. The molecule has 0 saturated heterocycles. The van der Waals surface area contributed by atoms with Crippen LogP contribution in [0.25, 0.3) is 0 Å². The molecule has 1 nitrogen and oxygen atoms in total. The van der Waals surface area contributed by atoms with E-state index in [0.717, 1.165) is 0 Å². The predicted octanol–water partition coefficient (Wildman–Crippen LogP) is 0.559. The van der Waals surface area contributed by atoms with Crippen molar-refractivity contribution in [3.8, 4) is 0 Å². The Hall–Kier alpha value is 0.0500. The van der Waals surface area contributed by atoms with E-state index >= 15 is 0 Å². The molecule has 1 aliphatic rings. The summed E-state index contributed by atoms with van der Waals surface area (Å²) in [5.74, 6) is 0. The second-order valence-electron chi connectivity index (χ2n) is 1.16. The lowest BCUT2D eigenvalue weighted by Crippen LogP contribution is -1.70. The smallest absolute Gasteiger partial charge is 0.129 e. The van der Waals surface area contributed by atoms with Crippen LogP contribution >= 0.6 is 12.2 Å². The fourth-order valence-corrected chi connectivity index (χ4v) is 0.275. The van der Waals surface area contributed by atoms with Crippen LogP contribution in [-0.4, -0.2) is 11.0 Å². The molecule has 1 fully saturated rings. The van der Waals surface area contributed by atoms with Crippen LogP contribution in [0.3, 0.4) is 0 Å². The van der Waals surface area contributed by atoms with Crippen molar-refractivity contribution in [3.05, 3.63) is 0 Å². The Morgan fingerprint density at radius 2 is 2.20 bits per heavy atom. The monoisotopic (exact) mass is 87.0 g/mol. The second-order valence-corrected chi connectivity index (χ2v) is 1.68. The highest BCUT2D eigenvalue weighted by molar-refractivity contribution is 7.81. The largest absolute Gasteiger partial charge is 0.227 e. The van der Waals surface area contributed by atoms with Gasteiger partial charge in [0, 0.05) is 11.3 Å². The summed E-state index contributed by atoms with van der Waals surface area (Å²) in [6.07, 6.45) is 0.181. The zero-order chi connectivity index (χ0) is 3.86. The van der Waals surface area contributed by atoms with E-state index in [9.17, 15) is 5.11 Å². The molecule has 1 radical (unpaired) electrons. The summed E-state index contributed by atoms with van der Waals surface area (Å²) in [7, 11) is 0. The second kappa shape index (κ2) is 0.758. The van der Waals surface area contributed by atoms with Crippen molar-refractivity contribution >= 4 is 17.1 Å². The van der Waals surface area contributed by atoms with E-state index in [0.29, 0.717) is 11.3 Å². The first-order valence-electron chi connectivity index (χ1n) is 1.49. The summed E-state index contributed by atoms with van der Waals surface area (Å²) < 4.78 is 0. The first-order chi connectivity index (χ1) is 2.30. The summed E-state index contributed by atoms with van der Waals surface area (Å²) >= 11 is 4.46. The predicted molar refractivity (Wildman–Crippen MR) is 21.7 cm³/mol. The molecular weight excluding hydrogens is 84.1 g/mol. The zero-order valence-electron chi connectivity index (χ0n) is 2.60. The molecule has 1 unspecified atom stereocenters. The fourth-order valence-electron chi connectivity index (χ4n) is 0.124. The molecule has 0 spiro atoms. The third-order valence-corrected chi connectivity index (χ3v) is 1.02. The highest BCUT2D eigenvalue weighted by Crippen LogP contribution is 2.15. The molecule has 0 amide bonds. The molecule has 1 rings (SSSR count). The molecule has 1 aliphatic carbocycles. The van der Waals surface area contributed by atoms with E-state index in [2.05, 4.69) is 12.2 Å². The summed E-state index contributed by atoms with van der Waals surface area (Å²) in [6.45, 7) is 0. The quantitative estimate of drug-likeness (QED) is 0.395. The van der Waals surface area contributed by atoms with Crippen molar-refractivity contribution in [2.45, 2.75) is 12.5 Å². The lowest BCUT2D eigenvalue weighted by Gasteiger charge is -1.52. The van der Waals surface area contributed by atoms with Gasteiger partial charge in [0.05, 0.1) is 0 Å². The molecule has 27 valence electrons. The van der Waals surface area contributed by atoms with E-state index in [-0.39, 0.29) is 0 Å². The van der Waals surface area contributed by atoms with Crippen molar-refractivity contribution in [2.24, 2.45) is 0 Å². The van der Waals surface area contributed by atoms with Crippen molar-refractivity contribution in [3.63, 3.8) is 0 Å². The average molecular weight is 87.1 g/mol. The van der Waals surface area contributed by atoms with Crippen LogP contribution in [0.1, 0.15) is 6.42 Å². The van der Waals surface area contributed by atoms with Gasteiger partial charge >= 0.3 is 0 Å². The summed E-state index contributed by atoms with van der Waals surface area (Å²) in [5, 5.41) is 9.83. The van der Waals surface area contributed by atoms with Crippen molar-refractivity contribution in [2.75, 3.05) is 0 Å². The highest BCUT2D eigenvalue weighted by Gasteiger charge is 2.28. The molecule has 0 bridgehead atoms. The zero-order valence-corrected chi connectivity index (χ0v) is 3.42. The molecule has 1 saturated carbocycles. The summed E-state index contributed by atoms with van der Waals surface area (Å²) in [4.78, 5) is 0.699. The number of rotatable bonds is 0. The minimum absolute atomic E-state index is 0.468. The molecule has 0 aromatic carbocycles. The molecule has 5 heavy (non-hydrogen) atoms. The Bertz CT molecular complexity index is 69.3. The SMILES string of the molecule is [O]C1CC1=S. The Balaban J connectivity index is 2.47. The topological polar surface area (TPSA) is 19.9 Å². The van der Waals surface area contributed by atoms with E-state index in [1.807, 2.05) is 0 Å². The van der Waals surface area contributed by atoms with Gasteiger partial charge in [0.2, 0.25) is 0 Å². The van der Waals surface area contributed by atoms with Gasteiger partial charge in [-0.2, -0.15) is 0 Å². The van der Waals surface area contributed by atoms with Crippen LogP contribution < -0.4 is 0 Å². The van der Waals surface area contributed by atoms with Crippen LogP contribution in [0.5, 0.6) is 0 Å². The molecule has 0 heterocycles. The van der Waals surface area contributed by atoms with Gasteiger partial charge in [-0.25, -0.2) is 5.11 Å². The van der Waals surface area contributed by atoms with E-state index in [4.69, 9.17) is 0 Å². The molecule has 0 aromatic heterocycles. The molecule has 2 heteroatoms. The van der Waals surface area contributed by atoms with Gasteiger partial charge in [0.25, 0.3) is 0 Å². The summed E-state index contributed by atoms with van der Waals surface area (Å²) in [5.41, 5.74) is 0. The number of hydrogen-bond acceptors (Lipinski definition) is 1. The van der Waals surface area contributed by atoms with Crippen LogP contribution in [0.2, 0.25) is 0 Å². The van der Waals surface area contributed by atoms with Gasteiger partial charge in [-0.1, -0.05) is 12.2 Å². The van der Waals surface area contributed by atoms with Crippen LogP contribution in [0.4, 0.5) is 0 Å². The Morgan fingerprint density at radius 3 is 2.20 bits per heavy atom. The third-order valence-electron chi connectivity index (χ3n) is 0.586. The van der Waals surface area contributed by atoms with Crippen LogP contribution in [-0.2, 0) is 5.11 Å². The Kier molecular flexibility index (Phi) is 0.492. The molecule has 1 atom stereocenters. The molecular formula is C3H3OS. The lowest BCUT2D eigenvalue weighted by atomic mass is 10.9. The van der Waals surface area contributed by atoms with Gasteiger partial charge < -0.3 is 0 Å². The van der Waals surface area contributed by atoms with Gasteiger partial charge in [-0.3, -0.25) is 0 Å². The minimum Gasteiger partial charge on any atom is -0.227 e. The summed E-state index contributed by atoms with van der Waals surface area (Å²) in [6, 6.07) is 0. The first-order valence-corrected chi connectivity index (χ1v) is 1.90.